The van der Waals surface area contributed by atoms with Gasteiger partial charge in [0.1, 0.15) is 11.5 Å². The lowest BCUT2D eigenvalue weighted by Crippen LogP contribution is -2.29. The van der Waals surface area contributed by atoms with Gasteiger partial charge in [0.15, 0.2) is 0 Å². The molecule has 35 heavy (non-hydrogen) atoms. The first kappa shape index (κ1) is 24.3. The molecule has 0 radical (unpaired) electrons. The fourth-order valence-electron chi connectivity index (χ4n) is 4.48. The van der Waals surface area contributed by atoms with Gasteiger partial charge in [-0.2, -0.15) is 0 Å². The average Bonchev–Trinajstić information content (AvgIpc) is 3.13. The van der Waals surface area contributed by atoms with E-state index < -0.39 is 17.7 Å². The highest BCUT2D eigenvalue weighted by molar-refractivity contribution is 6.51. The van der Waals surface area contributed by atoms with Crippen molar-refractivity contribution in [1.82, 2.24) is 0 Å². The third-order valence-electron chi connectivity index (χ3n) is 6.56. The van der Waals surface area contributed by atoms with Gasteiger partial charge in [-0.1, -0.05) is 76.2 Å². The number of nitrogens with zero attached hydrogens (tertiary/aromatic N) is 1. The van der Waals surface area contributed by atoms with Crippen LogP contribution in [0.2, 0.25) is 0 Å². The molecule has 5 heteroatoms. The second-order valence-electron chi connectivity index (χ2n) is 9.44. The molecule has 1 fully saturated rings. The predicted octanol–water partition coefficient (Wildman–Crippen LogP) is 6.57. The summed E-state index contributed by atoms with van der Waals surface area (Å²) >= 11 is 0. The molecule has 1 heterocycles. The lowest BCUT2D eigenvalue weighted by Gasteiger charge is -2.26. The minimum atomic E-state index is -0.772. The Morgan fingerprint density at radius 2 is 1.37 bits per heavy atom. The first-order valence-electron chi connectivity index (χ1n) is 11.9. The summed E-state index contributed by atoms with van der Waals surface area (Å²) < 4.78 is 5.41. The summed E-state index contributed by atoms with van der Waals surface area (Å²) in [6.45, 7) is 8.42. The number of ether oxygens (including phenoxy) is 1. The first-order valence-corrected chi connectivity index (χ1v) is 11.9. The van der Waals surface area contributed by atoms with Gasteiger partial charge < -0.3 is 9.84 Å². The number of hydrogen-bond donors (Lipinski definition) is 1. The lowest BCUT2D eigenvalue weighted by molar-refractivity contribution is -0.132. The van der Waals surface area contributed by atoms with Crippen LogP contribution in [-0.2, 0) is 9.59 Å². The van der Waals surface area contributed by atoms with Crippen LogP contribution in [0, 0.1) is 0 Å². The maximum Gasteiger partial charge on any atom is 0.300 e. The molecule has 1 N–H and O–H groups in total. The Kier molecular flexibility index (Phi) is 6.79. The molecule has 0 aromatic heterocycles. The highest BCUT2D eigenvalue weighted by Gasteiger charge is 2.47. The molecule has 3 aromatic rings. The molecular formula is C30H31NO4. The number of anilines is 1. The maximum atomic E-state index is 13.4. The third-order valence-corrected chi connectivity index (χ3v) is 6.56. The minimum Gasteiger partial charge on any atom is -0.507 e. The molecule has 0 saturated carbocycles. The van der Waals surface area contributed by atoms with E-state index in [1.165, 1.54) is 12.0 Å². The van der Waals surface area contributed by atoms with Gasteiger partial charge in [-0.3, -0.25) is 14.5 Å². The number of carbonyl (C=O) groups excluding carboxylic acids is 2. The Labute approximate surface area is 206 Å². The quantitative estimate of drug-likeness (QED) is 0.252. The Hall–Kier alpha value is -3.86. The van der Waals surface area contributed by atoms with E-state index in [-0.39, 0.29) is 11.3 Å². The molecule has 4 rings (SSSR count). The van der Waals surface area contributed by atoms with Gasteiger partial charge in [-0.15, -0.1) is 0 Å². The Morgan fingerprint density at radius 3 is 1.91 bits per heavy atom. The summed E-state index contributed by atoms with van der Waals surface area (Å²) in [6.07, 6.45) is 0. The number of ketones is 1. The number of aliphatic hydroxyl groups is 1. The summed E-state index contributed by atoms with van der Waals surface area (Å²) in [4.78, 5) is 28.3. The van der Waals surface area contributed by atoms with Crippen LogP contribution in [0.1, 0.15) is 67.8 Å². The Morgan fingerprint density at radius 1 is 0.829 bits per heavy atom. The Bertz CT molecular complexity index is 1270. The fourth-order valence-corrected chi connectivity index (χ4v) is 4.48. The molecule has 1 atom stereocenters. The third kappa shape index (κ3) is 4.46. The zero-order valence-corrected chi connectivity index (χ0v) is 20.8. The van der Waals surface area contributed by atoms with Crippen molar-refractivity contribution < 1.29 is 19.4 Å². The zero-order chi connectivity index (χ0) is 25.3. The van der Waals surface area contributed by atoms with Crippen molar-refractivity contribution >= 4 is 23.1 Å². The lowest BCUT2D eigenvalue weighted by atomic mass is 9.92. The van der Waals surface area contributed by atoms with E-state index in [1.807, 2.05) is 48.5 Å². The largest absolute Gasteiger partial charge is 0.507 e. The van der Waals surface area contributed by atoms with Crippen molar-refractivity contribution in [3.05, 3.63) is 101 Å². The van der Waals surface area contributed by atoms with E-state index in [0.29, 0.717) is 28.8 Å². The van der Waals surface area contributed by atoms with Gasteiger partial charge in [0, 0.05) is 5.69 Å². The highest BCUT2D eigenvalue weighted by atomic mass is 16.5. The standard InChI is InChI=1S/C30H31NO4/c1-18(2)20-10-12-22(13-11-20)27-26(28(32)24-8-6-7-9-25(24)35-5)29(33)30(34)31(27)23-16-14-21(15-17-23)19(3)4/h6-19,27,32H,1-5H3/b28-26-. The zero-order valence-electron chi connectivity index (χ0n) is 20.8. The number of para-hydroxylation sites is 1. The first-order chi connectivity index (χ1) is 16.7. The Balaban J connectivity index is 1.92. The van der Waals surface area contributed by atoms with Gasteiger partial charge >= 0.3 is 0 Å². The van der Waals surface area contributed by atoms with Crippen LogP contribution in [0.5, 0.6) is 5.75 Å². The number of rotatable bonds is 6. The molecule has 1 saturated heterocycles. The van der Waals surface area contributed by atoms with Crippen molar-refractivity contribution in [3.63, 3.8) is 0 Å². The van der Waals surface area contributed by atoms with Crippen molar-refractivity contribution in [2.24, 2.45) is 0 Å². The van der Waals surface area contributed by atoms with Crippen LogP contribution >= 0.6 is 0 Å². The van der Waals surface area contributed by atoms with Crippen molar-refractivity contribution in [3.8, 4) is 5.75 Å². The monoisotopic (exact) mass is 469 g/mol. The van der Waals surface area contributed by atoms with Gasteiger partial charge in [0.25, 0.3) is 11.7 Å². The van der Waals surface area contributed by atoms with Crippen molar-refractivity contribution in [2.45, 2.75) is 45.6 Å². The van der Waals surface area contributed by atoms with Crippen molar-refractivity contribution in [2.75, 3.05) is 12.0 Å². The number of aliphatic hydroxyl groups excluding tert-OH is 1. The van der Waals surface area contributed by atoms with Crippen LogP contribution in [0.4, 0.5) is 5.69 Å². The number of hydrogen-bond acceptors (Lipinski definition) is 4. The SMILES string of the molecule is COc1ccccc1/C(O)=C1/C(=O)C(=O)N(c2ccc(C(C)C)cc2)C1c1ccc(C(C)C)cc1. The van der Waals surface area contributed by atoms with E-state index in [0.717, 1.165) is 16.7 Å². The molecule has 0 bridgehead atoms. The number of amides is 1. The molecule has 5 nitrogen and oxygen atoms in total. The fraction of sp³-hybridized carbons (Fsp3) is 0.267. The molecule has 1 aliphatic heterocycles. The van der Waals surface area contributed by atoms with Crippen LogP contribution in [0.3, 0.4) is 0 Å². The summed E-state index contributed by atoms with van der Waals surface area (Å²) in [5, 5.41) is 11.4. The van der Waals surface area contributed by atoms with Crippen molar-refractivity contribution in [1.29, 1.82) is 0 Å². The van der Waals surface area contributed by atoms with Crippen LogP contribution < -0.4 is 9.64 Å². The average molecular weight is 470 g/mol. The minimum absolute atomic E-state index is 0.0460. The summed E-state index contributed by atoms with van der Waals surface area (Å²) in [7, 11) is 1.50. The van der Waals surface area contributed by atoms with Crippen LogP contribution in [-0.4, -0.2) is 23.9 Å². The predicted molar refractivity (Wildman–Crippen MR) is 139 cm³/mol. The van der Waals surface area contributed by atoms with Gasteiger partial charge in [-0.05, 0) is 52.8 Å². The summed E-state index contributed by atoms with van der Waals surface area (Å²) in [5.41, 5.74) is 4.05. The van der Waals surface area contributed by atoms with Gasteiger partial charge in [0.05, 0.1) is 24.3 Å². The summed E-state index contributed by atoms with van der Waals surface area (Å²) in [6, 6.07) is 21.7. The molecule has 1 amide bonds. The topological polar surface area (TPSA) is 66.8 Å². The number of benzene rings is 3. The molecular weight excluding hydrogens is 438 g/mol. The van der Waals surface area contributed by atoms with E-state index in [9.17, 15) is 14.7 Å². The number of Topliss-reactive ketones (excluding diaryl/α,β-unsaturated/α-hetero) is 1. The maximum absolute atomic E-state index is 13.4. The second kappa shape index (κ2) is 9.79. The van der Waals surface area contributed by atoms with Gasteiger partial charge in [-0.25, -0.2) is 0 Å². The second-order valence-corrected chi connectivity index (χ2v) is 9.44. The van der Waals surface area contributed by atoms with Crippen LogP contribution in [0.15, 0.2) is 78.4 Å². The molecule has 1 unspecified atom stereocenters. The van der Waals surface area contributed by atoms with E-state index in [4.69, 9.17) is 4.74 Å². The van der Waals surface area contributed by atoms with Gasteiger partial charge in [0.2, 0.25) is 0 Å². The number of methoxy groups -OCH3 is 1. The molecule has 1 aliphatic rings. The normalized spacial score (nSPS) is 17.5. The van der Waals surface area contributed by atoms with E-state index >= 15 is 0 Å². The molecule has 180 valence electrons. The molecule has 0 aliphatic carbocycles. The smallest absolute Gasteiger partial charge is 0.300 e. The highest BCUT2D eigenvalue weighted by Crippen LogP contribution is 2.43. The molecule has 3 aromatic carbocycles. The van der Waals surface area contributed by atoms with Crippen LogP contribution in [0.25, 0.3) is 5.76 Å². The van der Waals surface area contributed by atoms with E-state index in [1.54, 1.807) is 24.3 Å². The summed E-state index contributed by atoms with van der Waals surface area (Å²) in [5.74, 6) is -0.542. The number of carbonyl (C=O) groups is 2. The van der Waals surface area contributed by atoms with E-state index in [2.05, 4.69) is 27.7 Å². The molecule has 0 spiro atoms.